The first-order chi connectivity index (χ1) is 10.9. The first kappa shape index (κ1) is 15.9. The molecule has 23 heavy (non-hydrogen) atoms. The quantitative estimate of drug-likeness (QED) is 0.792. The minimum absolute atomic E-state index is 0.0111. The monoisotopic (exact) mass is 355 g/mol. The molecule has 0 atom stereocenters. The zero-order chi connectivity index (χ0) is 16.6. The zero-order valence-corrected chi connectivity index (χ0v) is 13.3. The first-order valence-electron chi connectivity index (χ1n) is 6.65. The number of rotatable bonds is 4. The van der Waals surface area contributed by atoms with Crippen LogP contribution in [0, 0.1) is 11.6 Å². The molecule has 0 spiro atoms. The predicted molar refractivity (Wildman–Crippen MR) is 81.7 cm³/mol. The molecule has 2 aromatic carbocycles. The van der Waals surface area contributed by atoms with Gasteiger partial charge in [0.05, 0.1) is 5.56 Å². The first-order valence-corrected chi connectivity index (χ1v) is 9.08. The predicted octanol–water partition coefficient (Wildman–Crippen LogP) is 2.90. The molecule has 0 saturated carbocycles. The van der Waals surface area contributed by atoms with E-state index in [0.717, 1.165) is 28.2 Å². The highest BCUT2D eigenvalue weighted by Gasteiger charge is 2.40. The highest BCUT2D eigenvalue weighted by Crippen LogP contribution is 2.31. The van der Waals surface area contributed by atoms with Crippen LogP contribution >= 0.6 is 11.8 Å². The molecule has 0 radical (unpaired) electrons. The summed E-state index contributed by atoms with van der Waals surface area (Å²) < 4.78 is 51.8. The van der Waals surface area contributed by atoms with Crippen molar-refractivity contribution in [3.63, 3.8) is 0 Å². The number of halogens is 2. The fourth-order valence-corrected chi connectivity index (χ4v) is 4.82. The Kier molecular flexibility index (Phi) is 4.11. The number of amides is 1. The Labute approximate surface area is 136 Å². The van der Waals surface area contributed by atoms with E-state index in [2.05, 4.69) is 0 Å². The highest BCUT2D eigenvalue weighted by atomic mass is 32.2. The Morgan fingerprint density at radius 2 is 1.83 bits per heavy atom. The molecule has 8 heteroatoms. The number of thioether (sulfide) groups is 1. The number of benzene rings is 2. The van der Waals surface area contributed by atoms with Crippen molar-refractivity contribution in [2.75, 3.05) is 12.3 Å². The number of hydrogen-bond donors (Lipinski definition) is 0. The van der Waals surface area contributed by atoms with Gasteiger partial charge in [0.2, 0.25) is 0 Å². The topological polar surface area (TPSA) is 54.5 Å². The Hall–Kier alpha value is -1.93. The van der Waals surface area contributed by atoms with Crippen LogP contribution in [0.5, 0.6) is 0 Å². The van der Waals surface area contributed by atoms with Crippen molar-refractivity contribution in [3.8, 4) is 0 Å². The van der Waals surface area contributed by atoms with Gasteiger partial charge in [0.15, 0.2) is 0 Å². The van der Waals surface area contributed by atoms with Gasteiger partial charge in [0, 0.05) is 23.3 Å². The number of carbonyl (C=O) groups is 1. The van der Waals surface area contributed by atoms with E-state index < -0.39 is 27.6 Å². The van der Waals surface area contributed by atoms with E-state index in [0.29, 0.717) is 0 Å². The summed E-state index contributed by atoms with van der Waals surface area (Å²) in [6, 6.07) is 9.16. The average molecular weight is 355 g/mol. The summed E-state index contributed by atoms with van der Waals surface area (Å²) in [6.45, 7) is -0.0860. The molecule has 0 aliphatic carbocycles. The zero-order valence-electron chi connectivity index (χ0n) is 11.7. The van der Waals surface area contributed by atoms with Crippen LogP contribution in [-0.2, 0) is 10.0 Å². The molecular formula is C15H11F2NO3S2. The van der Waals surface area contributed by atoms with Gasteiger partial charge in [-0.25, -0.2) is 21.5 Å². The third kappa shape index (κ3) is 2.84. The molecule has 0 unspecified atom stereocenters. The number of carbonyl (C=O) groups excluding carboxylic acids is 1. The van der Waals surface area contributed by atoms with Gasteiger partial charge in [-0.2, -0.15) is 0 Å². The van der Waals surface area contributed by atoms with Crippen molar-refractivity contribution in [2.45, 2.75) is 9.79 Å². The Morgan fingerprint density at radius 1 is 1.09 bits per heavy atom. The summed E-state index contributed by atoms with van der Waals surface area (Å²) in [7, 11) is -3.85. The van der Waals surface area contributed by atoms with Crippen molar-refractivity contribution in [1.29, 1.82) is 0 Å². The van der Waals surface area contributed by atoms with E-state index in [1.165, 1.54) is 18.2 Å². The number of fused-ring (bicyclic) bond motifs is 1. The standard InChI is InChI=1S/C15H11F2NO3S2/c16-10-5-6-13(12(17)9-10)22-8-7-18-15(19)11-3-1-2-4-14(11)23(18,20)21/h1-6,9H,7-8H2. The van der Waals surface area contributed by atoms with Crippen molar-refractivity contribution < 1.29 is 22.0 Å². The molecule has 1 aliphatic heterocycles. The van der Waals surface area contributed by atoms with E-state index in [1.807, 2.05) is 0 Å². The smallest absolute Gasteiger partial charge is 0.268 e. The summed E-state index contributed by atoms with van der Waals surface area (Å²) in [5.41, 5.74) is 0.144. The molecule has 2 aromatic rings. The average Bonchev–Trinajstić information content (AvgIpc) is 2.70. The number of hydrogen-bond acceptors (Lipinski definition) is 4. The second kappa shape index (κ2) is 5.93. The molecule has 3 rings (SSSR count). The third-order valence-corrected chi connectivity index (χ3v) is 6.23. The number of nitrogens with zero attached hydrogens (tertiary/aromatic N) is 1. The fourth-order valence-electron chi connectivity index (χ4n) is 2.28. The van der Waals surface area contributed by atoms with Crippen LogP contribution in [0.25, 0.3) is 0 Å². The molecule has 1 aliphatic rings. The van der Waals surface area contributed by atoms with Gasteiger partial charge >= 0.3 is 0 Å². The van der Waals surface area contributed by atoms with Gasteiger partial charge in [-0.1, -0.05) is 12.1 Å². The lowest BCUT2D eigenvalue weighted by molar-refractivity contribution is 0.0876. The minimum atomic E-state index is -3.85. The van der Waals surface area contributed by atoms with Gasteiger partial charge in [-0.05, 0) is 24.3 Å². The molecule has 120 valence electrons. The number of sulfonamides is 1. The molecular weight excluding hydrogens is 344 g/mol. The molecule has 0 N–H and O–H groups in total. The highest BCUT2D eigenvalue weighted by molar-refractivity contribution is 7.99. The van der Waals surface area contributed by atoms with E-state index in [4.69, 9.17) is 0 Å². The van der Waals surface area contributed by atoms with Crippen molar-refractivity contribution in [1.82, 2.24) is 4.31 Å². The largest absolute Gasteiger partial charge is 0.269 e. The molecule has 0 bridgehead atoms. The maximum Gasteiger partial charge on any atom is 0.269 e. The van der Waals surface area contributed by atoms with Crippen molar-refractivity contribution >= 4 is 27.7 Å². The van der Waals surface area contributed by atoms with Gasteiger partial charge in [-0.15, -0.1) is 11.8 Å². The third-order valence-electron chi connectivity index (χ3n) is 3.36. The van der Waals surface area contributed by atoms with E-state index >= 15 is 0 Å². The molecule has 0 saturated heterocycles. The summed E-state index contributed by atoms with van der Waals surface area (Å²) >= 11 is 1.02. The minimum Gasteiger partial charge on any atom is -0.268 e. The van der Waals surface area contributed by atoms with Crippen LogP contribution in [0.2, 0.25) is 0 Å². The van der Waals surface area contributed by atoms with Gasteiger partial charge in [0.1, 0.15) is 16.5 Å². The second-order valence-corrected chi connectivity index (χ2v) is 7.77. The van der Waals surface area contributed by atoms with Crippen molar-refractivity contribution in [2.24, 2.45) is 0 Å². The fraction of sp³-hybridized carbons (Fsp3) is 0.133. The lowest BCUT2D eigenvalue weighted by Gasteiger charge is -2.14. The summed E-state index contributed by atoms with van der Waals surface area (Å²) in [5.74, 6) is -1.81. The van der Waals surface area contributed by atoms with Crippen LogP contribution in [0.3, 0.4) is 0 Å². The van der Waals surface area contributed by atoms with Gasteiger partial charge in [0.25, 0.3) is 15.9 Å². The normalized spacial score (nSPS) is 15.7. The summed E-state index contributed by atoms with van der Waals surface area (Å²) in [5, 5.41) is 0. The summed E-state index contributed by atoms with van der Waals surface area (Å²) in [4.78, 5) is 12.4. The van der Waals surface area contributed by atoms with E-state index in [9.17, 15) is 22.0 Å². The lowest BCUT2D eigenvalue weighted by Crippen LogP contribution is -2.32. The van der Waals surface area contributed by atoms with E-state index in [-0.39, 0.29) is 27.7 Å². The lowest BCUT2D eigenvalue weighted by atomic mass is 10.2. The molecule has 0 fully saturated rings. The van der Waals surface area contributed by atoms with Crippen molar-refractivity contribution in [3.05, 3.63) is 59.7 Å². The van der Waals surface area contributed by atoms with E-state index in [1.54, 1.807) is 12.1 Å². The maximum absolute atomic E-state index is 13.5. The Morgan fingerprint density at radius 3 is 2.52 bits per heavy atom. The van der Waals surface area contributed by atoms with Crippen LogP contribution in [-0.4, -0.2) is 30.9 Å². The van der Waals surface area contributed by atoms with Crippen LogP contribution in [0.4, 0.5) is 8.78 Å². The van der Waals surface area contributed by atoms with Crippen LogP contribution < -0.4 is 0 Å². The molecule has 1 heterocycles. The Balaban J connectivity index is 1.73. The van der Waals surface area contributed by atoms with Crippen LogP contribution in [0.1, 0.15) is 10.4 Å². The SMILES string of the molecule is O=C1c2ccccc2S(=O)(=O)N1CCSc1ccc(F)cc1F. The Bertz CT molecular complexity index is 884. The second-order valence-electron chi connectivity index (χ2n) is 4.80. The van der Waals surface area contributed by atoms with Gasteiger partial charge in [-0.3, -0.25) is 4.79 Å². The molecule has 4 nitrogen and oxygen atoms in total. The molecule has 1 amide bonds. The summed E-state index contributed by atoms with van der Waals surface area (Å²) in [6.07, 6.45) is 0. The van der Waals surface area contributed by atoms with Gasteiger partial charge < -0.3 is 0 Å². The molecule has 0 aromatic heterocycles. The maximum atomic E-state index is 13.5. The van der Waals surface area contributed by atoms with Crippen LogP contribution in [0.15, 0.2) is 52.3 Å².